The first-order chi connectivity index (χ1) is 12.6. The maximum absolute atomic E-state index is 13.0. The molecule has 1 aromatic carbocycles. The van der Waals surface area contributed by atoms with Crippen LogP contribution in [0.25, 0.3) is 10.9 Å². The Kier molecular flexibility index (Phi) is 4.39. The van der Waals surface area contributed by atoms with Gasteiger partial charge in [-0.25, -0.2) is 0 Å². The van der Waals surface area contributed by atoms with Crippen LogP contribution in [-0.4, -0.2) is 19.3 Å². The van der Waals surface area contributed by atoms with E-state index >= 15 is 0 Å². The molecule has 1 aliphatic rings. The highest BCUT2D eigenvalue weighted by Gasteiger charge is 2.19. The summed E-state index contributed by atoms with van der Waals surface area (Å²) >= 11 is 0. The van der Waals surface area contributed by atoms with E-state index in [4.69, 9.17) is 0 Å². The average molecular weight is 350 g/mol. The number of pyridine rings is 1. The molecule has 0 saturated heterocycles. The summed E-state index contributed by atoms with van der Waals surface area (Å²) in [5, 5.41) is 9.72. The quantitative estimate of drug-likeness (QED) is 0.722. The number of fused-ring (bicyclic) bond motifs is 2. The molecule has 26 heavy (non-hydrogen) atoms. The molecule has 0 aliphatic carbocycles. The lowest BCUT2D eigenvalue weighted by Crippen LogP contribution is -2.21. The van der Waals surface area contributed by atoms with Crippen LogP contribution >= 0.6 is 0 Å². The van der Waals surface area contributed by atoms with Crippen LogP contribution in [0.5, 0.6) is 0 Å². The first kappa shape index (κ1) is 17.0. The van der Waals surface area contributed by atoms with Gasteiger partial charge in [-0.3, -0.25) is 4.79 Å². The average Bonchev–Trinajstić information content (AvgIpc) is 2.85. The van der Waals surface area contributed by atoms with Gasteiger partial charge in [-0.05, 0) is 37.8 Å². The fourth-order valence-electron chi connectivity index (χ4n) is 4.22. The molecule has 5 nitrogen and oxygen atoms in total. The zero-order valence-electron chi connectivity index (χ0n) is 15.8. The predicted octanol–water partition coefficient (Wildman–Crippen LogP) is 3.80. The van der Waals surface area contributed by atoms with Crippen molar-refractivity contribution in [2.75, 3.05) is 0 Å². The summed E-state index contributed by atoms with van der Waals surface area (Å²) < 4.78 is 4.53. The Hall–Kier alpha value is -2.43. The van der Waals surface area contributed by atoms with Crippen molar-refractivity contribution in [3.05, 3.63) is 57.4 Å². The second-order valence-corrected chi connectivity index (χ2v) is 7.58. The third-order valence-electron chi connectivity index (χ3n) is 5.54. The van der Waals surface area contributed by atoms with Crippen molar-refractivity contribution in [3.8, 4) is 0 Å². The zero-order valence-corrected chi connectivity index (χ0v) is 15.8. The van der Waals surface area contributed by atoms with Crippen LogP contribution in [0, 0.1) is 6.92 Å². The third-order valence-corrected chi connectivity index (χ3v) is 5.54. The van der Waals surface area contributed by atoms with Crippen LogP contribution in [0.4, 0.5) is 0 Å². The van der Waals surface area contributed by atoms with Crippen molar-refractivity contribution >= 4 is 10.9 Å². The van der Waals surface area contributed by atoms with E-state index in [1.165, 1.54) is 19.3 Å². The normalized spacial score (nSPS) is 14.6. The van der Waals surface area contributed by atoms with E-state index in [-0.39, 0.29) is 11.3 Å². The summed E-state index contributed by atoms with van der Waals surface area (Å²) in [6.07, 6.45) is 4.63. The molecule has 0 amide bonds. The largest absolute Gasteiger partial charge is 0.337 e. The Labute approximate surface area is 153 Å². The topological polar surface area (TPSA) is 52.7 Å². The number of rotatable bonds is 3. The van der Waals surface area contributed by atoms with Gasteiger partial charge in [0.15, 0.2) is 11.3 Å². The van der Waals surface area contributed by atoms with E-state index in [0.717, 1.165) is 46.8 Å². The summed E-state index contributed by atoms with van der Waals surface area (Å²) in [6, 6.07) is 7.91. The Balaban J connectivity index is 1.90. The number of hydrogen-bond donors (Lipinski definition) is 0. The van der Waals surface area contributed by atoms with E-state index in [0.29, 0.717) is 6.54 Å². The minimum atomic E-state index is 0.157. The lowest BCUT2D eigenvalue weighted by atomic mass is 9.98. The molecule has 2 aromatic heterocycles. The van der Waals surface area contributed by atoms with Crippen molar-refractivity contribution in [1.82, 2.24) is 19.3 Å². The lowest BCUT2D eigenvalue weighted by molar-refractivity contribution is 0.587. The van der Waals surface area contributed by atoms with Gasteiger partial charge in [0.2, 0.25) is 0 Å². The molecule has 0 unspecified atom stereocenters. The molecule has 4 rings (SSSR count). The van der Waals surface area contributed by atoms with Crippen molar-refractivity contribution in [2.45, 2.75) is 65.5 Å². The lowest BCUT2D eigenvalue weighted by Gasteiger charge is -2.20. The second kappa shape index (κ2) is 6.71. The molecular weight excluding hydrogens is 324 g/mol. The number of benzene rings is 1. The summed E-state index contributed by atoms with van der Waals surface area (Å²) in [5.41, 5.74) is 3.07. The number of hydrogen-bond acceptors (Lipinski definition) is 3. The fraction of sp³-hybridized carbons (Fsp3) is 0.476. The number of aryl methyl sites for hydroxylation is 1. The summed E-state index contributed by atoms with van der Waals surface area (Å²) in [7, 11) is 0. The molecule has 136 valence electrons. The van der Waals surface area contributed by atoms with Crippen molar-refractivity contribution in [1.29, 1.82) is 0 Å². The van der Waals surface area contributed by atoms with Crippen LogP contribution in [-0.2, 0) is 19.5 Å². The molecule has 1 aliphatic heterocycles. The molecule has 0 radical (unpaired) electrons. The summed E-state index contributed by atoms with van der Waals surface area (Å²) in [6.45, 7) is 7.88. The molecule has 0 fully saturated rings. The van der Waals surface area contributed by atoms with E-state index in [9.17, 15) is 4.79 Å². The predicted molar refractivity (Wildman–Crippen MR) is 104 cm³/mol. The highest BCUT2D eigenvalue weighted by molar-refractivity contribution is 5.80. The Bertz CT molecular complexity index is 1010. The molecule has 3 aromatic rings. The Morgan fingerprint density at radius 3 is 2.73 bits per heavy atom. The molecule has 0 atom stereocenters. The molecule has 0 bridgehead atoms. The van der Waals surface area contributed by atoms with E-state index in [1.54, 1.807) is 0 Å². The van der Waals surface area contributed by atoms with E-state index in [2.05, 4.69) is 40.1 Å². The fourth-order valence-corrected chi connectivity index (χ4v) is 4.22. The molecule has 5 heteroatoms. The summed E-state index contributed by atoms with van der Waals surface area (Å²) in [4.78, 5) is 13.0. The number of aromatic nitrogens is 4. The zero-order chi connectivity index (χ0) is 18.3. The van der Waals surface area contributed by atoms with Gasteiger partial charge in [0.25, 0.3) is 0 Å². The van der Waals surface area contributed by atoms with Crippen LogP contribution < -0.4 is 5.43 Å². The highest BCUT2D eigenvalue weighted by atomic mass is 16.1. The molecule has 0 N–H and O–H groups in total. The van der Waals surface area contributed by atoms with E-state index in [1.807, 2.05) is 24.3 Å². The number of para-hydroxylation sites is 1. The van der Waals surface area contributed by atoms with E-state index < -0.39 is 0 Å². The van der Waals surface area contributed by atoms with Crippen LogP contribution in [0.3, 0.4) is 0 Å². The molecule has 3 heterocycles. The van der Waals surface area contributed by atoms with Crippen molar-refractivity contribution < 1.29 is 0 Å². The van der Waals surface area contributed by atoms with Gasteiger partial charge in [0.1, 0.15) is 5.82 Å². The minimum Gasteiger partial charge on any atom is -0.337 e. The maximum Gasteiger partial charge on any atom is 0.193 e. The smallest absolute Gasteiger partial charge is 0.193 e. The molecular formula is C21H26N4O. The Morgan fingerprint density at radius 2 is 1.92 bits per heavy atom. The van der Waals surface area contributed by atoms with Crippen molar-refractivity contribution in [2.24, 2.45) is 0 Å². The van der Waals surface area contributed by atoms with Crippen LogP contribution in [0.1, 0.15) is 61.9 Å². The second-order valence-electron chi connectivity index (χ2n) is 7.58. The molecule has 0 spiro atoms. The van der Waals surface area contributed by atoms with Gasteiger partial charge in [0, 0.05) is 29.6 Å². The van der Waals surface area contributed by atoms with Gasteiger partial charge in [-0.1, -0.05) is 32.4 Å². The van der Waals surface area contributed by atoms with Crippen molar-refractivity contribution in [3.63, 3.8) is 0 Å². The molecule has 0 saturated carbocycles. The van der Waals surface area contributed by atoms with Gasteiger partial charge < -0.3 is 9.13 Å². The van der Waals surface area contributed by atoms with Crippen LogP contribution in [0.15, 0.2) is 29.1 Å². The number of nitrogens with zero attached hydrogens (tertiary/aromatic N) is 4. The highest BCUT2D eigenvalue weighted by Crippen LogP contribution is 2.23. The van der Waals surface area contributed by atoms with Crippen LogP contribution in [0.2, 0.25) is 0 Å². The maximum atomic E-state index is 13.0. The van der Waals surface area contributed by atoms with Gasteiger partial charge in [-0.15, -0.1) is 10.2 Å². The minimum absolute atomic E-state index is 0.157. The third kappa shape index (κ3) is 2.75. The monoisotopic (exact) mass is 350 g/mol. The first-order valence-corrected chi connectivity index (χ1v) is 9.61. The Morgan fingerprint density at radius 1 is 1.12 bits per heavy atom. The SMILES string of the molecule is Cc1c(C(C)C)c(=O)c2ccccc2n1Cc1nnc2n1CCCCC2. The standard InChI is InChI=1S/C21H26N4O/c1-14(2)20-15(3)25(17-10-7-6-9-16(17)21(20)26)13-19-23-22-18-11-5-4-8-12-24(18)19/h6-7,9-10,14H,4-5,8,11-13H2,1-3H3. The van der Waals surface area contributed by atoms with Gasteiger partial charge in [0.05, 0.1) is 12.1 Å². The van der Waals surface area contributed by atoms with Gasteiger partial charge in [-0.2, -0.15) is 0 Å². The summed E-state index contributed by atoms with van der Waals surface area (Å²) in [5.74, 6) is 2.28. The first-order valence-electron chi connectivity index (χ1n) is 9.61. The van der Waals surface area contributed by atoms with Gasteiger partial charge >= 0.3 is 0 Å².